The minimum absolute atomic E-state index is 0.00451. The first-order valence-electron chi connectivity index (χ1n) is 8.90. The Morgan fingerprint density at radius 2 is 1.63 bits per heavy atom. The van der Waals surface area contributed by atoms with Gasteiger partial charge in [0.25, 0.3) is 5.91 Å². The molecule has 0 aliphatic carbocycles. The minimum atomic E-state index is -0.272. The summed E-state index contributed by atoms with van der Waals surface area (Å²) in [4.78, 5) is 26.6. The lowest BCUT2D eigenvalue weighted by Crippen LogP contribution is -2.34. The Labute approximate surface area is 160 Å². The van der Waals surface area contributed by atoms with Crippen molar-refractivity contribution >= 4 is 11.8 Å². The van der Waals surface area contributed by atoms with Gasteiger partial charge in [-0.15, -0.1) is 0 Å². The number of hydrogen-bond donors (Lipinski definition) is 1. The van der Waals surface area contributed by atoms with Crippen molar-refractivity contribution in [3.05, 3.63) is 59.7 Å². The zero-order valence-electron chi connectivity index (χ0n) is 16.0. The number of ether oxygens (including phenoxy) is 2. The molecule has 1 N–H and O–H groups in total. The molecule has 0 saturated heterocycles. The third-order valence-electron chi connectivity index (χ3n) is 4.19. The number of rotatable bonds is 9. The van der Waals surface area contributed by atoms with Gasteiger partial charge in [0.05, 0.1) is 14.2 Å². The summed E-state index contributed by atoms with van der Waals surface area (Å²) in [5.74, 6) is 0.808. The number of hydrogen-bond acceptors (Lipinski definition) is 4. The van der Waals surface area contributed by atoms with Gasteiger partial charge in [0.1, 0.15) is 11.5 Å². The SMILES string of the molecule is CCN(Cc1ccccc1)C(=O)CCNC(=O)c1cc(OC)cc(OC)c1. The highest BCUT2D eigenvalue weighted by Crippen LogP contribution is 2.22. The number of amides is 2. The van der Waals surface area contributed by atoms with Crippen molar-refractivity contribution in [2.24, 2.45) is 0 Å². The van der Waals surface area contributed by atoms with Crippen LogP contribution in [0, 0.1) is 0 Å². The Hall–Kier alpha value is -3.02. The van der Waals surface area contributed by atoms with Crippen LogP contribution in [-0.2, 0) is 11.3 Å². The topological polar surface area (TPSA) is 67.9 Å². The van der Waals surface area contributed by atoms with Gasteiger partial charge in [-0.25, -0.2) is 0 Å². The van der Waals surface area contributed by atoms with Crippen LogP contribution in [0.2, 0.25) is 0 Å². The summed E-state index contributed by atoms with van der Waals surface area (Å²) in [6, 6.07) is 14.8. The van der Waals surface area contributed by atoms with E-state index in [4.69, 9.17) is 9.47 Å². The number of nitrogens with one attached hydrogen (secondary N) is 1. The van der Waals surface area contributed by atoms with Crippen LogP contribution < -0.4 is 14.8 Å². The fourth-order valence-corrected chi connectivity index (χ4v) is 2.66. The van der Waals surface area contributed by atoms with Crippen LogP contribution in [0.4, 0.5) is 0 Å². The van der Waals surface area contributed by atoms with Gasteiger partial charge in [-0.05, 0) is 24.6 Å². The van der Waals surface area contributed by atoms with Crippen LogP contribution in [0.1, 0.15) is 29.3 Å². The molecule has 6 nitrogen and oxygen atoms in total. The van der Waals surface area contributed by atoms with E-state index < -0.39 is 0 Å². The lowest BCUT2D eigenvalue weighted by atomic mass is 10.2. The molecule has 6 heteroatoms. The van der Waals surface area contributed by atoms with Gasteiger partial charge in [-0.2, -0.15) is 0 Å². The second-order valence-electron chi connectivity index (χ2n) is 6.00. The average Bonchev–Trinajstić information content (AvgIpc) is 2.71. The highest BCUT2D eigenvalue weighted by Gasteiger charge is 2.14. The minimum Gasteiger partial charge on any atom is -0.497 e. The van der Waals surface area contributed by atoms with Crippen molar-refractivity contribution in [3.63, 3.8) is 0 Å². The number of carbonyl (C=O) groups excluding carboxylic acids is 2. The Bertz CT molecular complexity index is 740. The summed E-state index contributed by atoms with van der Waals surface area (Å²) >= 11 is 0. The maximum Gasteiger partial charge on any atom is 0.251 e. The quantitative estimate of drug-likeness (QED) is 0.737. The lowest BCUT2D eigenvalue weighted by Gasteiger charge is -2.21. The molecule has 2 rings (SSSR count). The molecule has 0 unspecified atom stereocenters. The Morgan fingerprint density at radius 1 is 1.00 bits per heavy atom. The van der Waals surface area contributed by atoms with E-state index in [1.807, 2.05) is 37.3 Å². The van der Waals surface area contributed by atoms with E-state index in [-0.39, 0.29) is 24.8 Å². The van der Waals surface area contributed by atoms with Gasteiger partial charge in [-0.1, -0.05) is 30.3 Å². The molecule has 2 amide bonds. The lowest BCUT2D eigenvalue weighted by molar-refractivity contribution is -0.131. The molecule has 0 aliphatic heterocycles. The molecule has 0 spiro atoms. The number of carbonyl (C=O) groups is 2. The Balaban J connectivity index is 1.89. The second-order valence-corrected chi connectivity index (χ2v) is 6.00. The van der Waals surface area contributed by atoms with Crippen molar-refractivity contribution in [1.82, 2.24) is 10.2 Å². The zero-order chi connectivity index (χ0) is 19.6. The molecule has 2 aromatic rings. The van der Waals surface area contributed by atoms with E-state index in [0.29, 0.717) is 30.2 Å². The molecule has 0 bridgehead atoms. The maximum absolute atomic E-state index is 12.4. The van der Waals surface area contributed by atoms with Gasteiger partial charge >= 0.3 is 0 Å². The molecule has 0 heterocycles. The second kappa shape index (κ2) is 10.2. The zero-order valence-corrected chi connectivity index (χ0v) is 16.0. The van der Waals surface area contributed by atoms with Gasteiger partial charge in [0.2, 0.25) is 5.91 Å². The van der Waals surface area contributed by atoms with Crippen molar-refractivity contribution in [2.75, 3.05) is 27.3 Å². The first-order chi connectivity index (χ1) is 13.1. The van der Waals surface area contributed by atoms with Crippen LogP contribution in [-0.4, -0.2) is 44.0 Å². The van der Waals surface area contributed by atoms with Gasteiger partial charge in [0.15, 0.2) is 0 Å². The molecular weight excluding hydrogens is 344 g/mol. The maximum atomic E-state index is 12.4. The van der Waals surface area contributed by atoms with E-state index in [1.54, 1.807) is 23.1 Å². The molecule has 2 aromatic carbocycles. The van der Waals surface area contributed by atoms with Gasteiger partial charge in [-0.3, -0.25) is 9.59 Å². The van der Waals surface area contributed by atoms with Crippen molar-refractivity contribution < 1.29 is 19.1 Å². The van der Waals surface area contributed by atoms with Crippen molar-refractivity contribution in [2.45, 2.75) is 19.9 Å². The molecule has 0 fully saturated rings. The predicted molar refractivity (Wildman–Crippen MR) is 104 cm³/mol. The van der Waals surface area contributed by atoms with Crippen LogP contribution in [0.15, 0.2) is 48.5 Å². The highest BCUT2D eigenvalue weighted by atomic mass is 16.5. The van der Waals surface area contributed by atoms with E-state index in [1.165, 1.54) is 14.2 Å². The normalized spacial score (nSPS) is 10.2. The highest BCUT2D eigenvalue weighted by molar-refractivity contribution is 5.95. The first-order valence-corrected chi connectivity index (χ1v) is 8.90. The van der Waals surface area contributed by atoms with Gasteiger partial charge in [0, 0.05) is 37.7 Å². The fraction of sp³-hybridized carbons (Fsp3) is 0.333. The summed E-state index contributed by atoms with van der Waals surface area (Å²) in [6.07, 6.45) is 0.244. The van der Waals surface area contributed by atoms with Crippen LogP contribution in [0.5, 0.6) is 11.5 Å². The van der Waals surface area contributed by atoms with E-state index in [9.17, 15) is 9.59 Å². The molecule has 0 aromatic heterocycles. The summed E-state index contributed by atoms with van der Waals surface area (Å²) in [7, 11) is 3.06. The number of benzene rings is 2. The average molecular weight is 370 g/mol. The molecule has 0 saturated carbocycles. The third-order valence-corrected chi connectivity index (χ3v) is 4.19. The van der Waals surface area contributed by atoms with Crippen LogP contribution in [0.3, 0.4) is 0 Å². The smallest absolute Gasteiger partial charge is 0.251 e. The molecule has 0 aliphatic rings. The molecular formula is C21H26N2O4. The summed E-state index contributed by atoms with van der Waals surface area (Å²) < 4.78 is 10.3. The van der Waals surface area contributed by atoms with Gasteiger partial charge < -0.3 is 19.7 Å². The summed E-state index contributed by atoms with van der Waals surface area (Å²) in [6.45, 7) is 3.40. The van der Waals surface area contributed by atoms with E-state index in [0.717, 1.165) is 5.56 Å². The fourth-order valence-electron chi connectivity index (χ4n) is 2.66. The Kier molecular flexibility index (Phi) is 7.67. The van der Waals surface area contributed by atoms with E-state index in [2.05, 4.69) is 5.32 Å². The van der Waals surface area contributed by atoms with Crippen LogP contribution in [0.25, 0.3) is 0 Å². The van der Waals surface area contributed by atoms with E-state index >= 15 is 0 Å². The molecule has 0 radical (unpaired) electrons. The van der Waals surface area contributed by atoms with Crippen molar-refractivity contribution in [3.8, 4) is 11.5 Å². The number of methoxy groups -OCH3 is 2. The number of nitrogens with zero attached hydrogens (tertiary/aromatic N) is 1. The molecule has 144 valence electrons. The first kappa shape index (κ1) is 20.3. The third kappa shape index (κ3) is 6.02. The van der Waals surface area contributed by atoms with Crippen molar-refractivity contribution in [1.29, 1.82) is 0 Å². The molecule has 27 heavy (non-hydrogen) atoms. The Morgan fingerprint density at radius 3 is 2.19 bits per heavy atom. The summed E-state index contributed by atoms with van der Waals surface area (Å²) in [5.41, 5.74) is 1.51. The summed E-state index contributed by atoms with van der Waals surface area (Å²) in [5, 5.41) is 2.78. The standard InChI is InChI=1S/C21H26N2O4/c1-4-23(15-16-8-6-5-7-9-16)20(24)10-11-22-21(25)17-12-18(26-2)14-19(13-17)27-3/h5-9,12-14H,4,10-11,15H2,1-3H3,(H,22,25). The monoisotopic (exact) mass is 370 g/mol. The van der Waals surface area contributed by atoms with Crippen LogP contribution >= 0.6 is 0 Å². The predicted octanol–water partition coefficient (Wildman–Crippen LogP) is 2.87. The molecule has 0 atom stereocenters. The largest absolute Gasteiger partial charge is 0.497 e.